The van der Waals surface area contributed by atoms with Gasteiger partial charge >= 0.3 is 5.97 Å². The van der Waals surface area contributed by atoms with Gasteiger partial charge in [0.25, 0.3) is 11.5 Å². The molecule has 2 aromatic heterocycles. The fraction of sp³-hybridized carbons (Fsp3) is 0.292. The summed E-state index contributed by atoms with van der Waals surface area (Å²) in [4.78, 5) is 36.7. The normalized spacial score (nSPS) is 10.5. The van der Waals surface area contributed by atoms with Crippen LogP contribution in [0.3, 0.4) is 0 Å². The molecule has 0 unspecified atom stereocenters. The maximum atomic E-state index is 12.6. The van der Waals surface area contributed by atoms with Crippen LogP contribution in [0.15, 0.2) is 47.3 Å². The Bertz CT molecular complexity index is 1270. The van der Waals surface area contributed by atoms with Crippen LogP contribution in [0.4, 0.5) is 5.82 Å². The number of nitrogens with zero attached hydrogens (tertiary/aromatic N) is 4. The fourth-order valence-corrected chi connectivity index (χ4v) is 3.40. The molecule has 0 aliphatic rings. The number of aryl methyl sites for hydroxylation is 1. The highest BCUT2D eigenvalue weighted by atomic mass is 16.5. The van der Waals surface area contributed by atoms with Gasteiger partial charge in [-0.3, -0.25) is 9.59 Å². The van der Waals surface area contributed by atoms with Crippen LogP contribution in [-0.4, -0.2) is 32.8 Å². The third-order valence-corrected chi connectivity index (χ3v) is 5.23. The highest BCUT2D eigenvalue weighted by Gasteiger charge is 2.21. The molecular formula is C24H25N5O4. The van der Waals surface area contributed by atoms with Gasteiger partial charge in [0.05, 0.1) is 5.56 Å². The van der Waals surface area contributed by atoms with E-state index in [0.29, 0.717) is 30.9 Å². The van der Waals surface area contributed by atoms with Gasteiger partial charge in [0, 0.05) is 24.8 Å². The van der Waals surface area contributed by atoms with Gasteiger partial charge in [0.2, 0.25) is 0 Å². The van der Waals surface area contributed by atoms with E-state index >= 15 is 0 Å². The standard InChI is InChI=1S/C24H25N5O4/c1-4-12-29-22(31)11-10-20(27-29)24(32)33-15-21(30)26-23-19(13-25)16(2)17(3)28(23)14-18-8-6-5-7-9-18/h5-11H,4,12,14-15H2,1-3H3,(H,26,30). The Hall–Kier alpha value is -4.19. The van der Waals surface area contributed by atoms with Crippen molar-refractivity contribution in [1.82, 2.24) is 14.3 Å². The van der Waals surface area contributed by atoms with E-state index in [1.807, 2.05) is 55.7 Å². The van der Waals surface area contributed by atoms with E-state index in [2.05, 4.69) is 16.5 Å². The lowest BCUT2D eigenvalue weighted by Crippen LogP contribution is -2.27. The maximum absolute atomic E-state index is 12.6. The Balaban J connectivity index is 1.74. The molecule has 0 aliphatic carbocycles. The van der Waals surface area contributed by atoms with E-state index in [-0.39, 0.29) is 11.3 Å². The zero-order valence-electron chi connectivity index (χ0n) is 18.8. The van der Waals surface area contributed by atoms with Gasteiger partial charge in [-0.25, -0.2) is 9.48 Å². The molecule has 0 bridgehead atoms. The second-order valence-electron chi connectivity index (χ2n) is 7.52. The highest BCUT2D eigenvalue weighted by molar-refractivity contribution is 5.95. The molecule has 1 N–H and O–H groups in total. The zero-order chi connectivity index (χ0) is 24.0. The molecule has 9 nitrogen and oxygen atoms in total. The summed E-state index contributed by atoms with van der Waals surface area (Å²) >= 11 is 0. The Labute approximate surface area is 191 Å². The molecule has 0 atom stereocenters. The molecule has 0 saturated carbocycles. The lowest BCUT2D eigenvalue weighted by atomic mass is 10.2. The number of aromatic nitrogens is 3. The second kappa shape index (κ2) is 10.4. The Morgan fingerprint density at radius 2 is 1.88 bits per heavy atom. The number of carbonyl (C=O) groups excluding carboxylic acids is 2. The number of rotatable bonds is 8. The largest absolute Gasteiger partial charge is 0.451 e. The summed E-state index contributed by atoms with van der Waals surface area (Å²) in [5.74, 6) is -1.05. The van der Waals surface area contributed by atoms with Gasteiger partial charge in [0.1, 0.15) is 11.9 Å². The number of anilines is 1. The van der Waals surface area contributed by atoms with Gasteiger partial charge < -0.3 is 14.6 Å². The van der Waals surface area contributed by atoms with E-state index in [1.165, 1.54) is 16.8 Å². The van der Waals surface area contributed by atoms with Crippen molar-refractivity contribution in [3.63, 3.8) is 0 Å². The first-order valence-corrected chi connectivity index (χ1v) is 10.5. The Morgan fingerprint density at radius 1 is 1.15 bits per heavy atom. The molecule has 0 aliphatic heterocycles. The molecule has 0 radical (unpaired) electrons. The van der Waals surface area contributed by atoms with E-state index in [4.69, 9.17) is 4.74 Å². The van der Waals surface area contributed by atoms with Gasteiger partial charge in [-0.15, -0.1) is 0 Å². The number of esters is 1. The van der Waals surface area contributed by atoms with E-state index in [9.17, 15) is 19.6 Å². The van der Waals surface area contributed by atoms with Crippen LogP contribution in [0.1, 0.15) is 46.2 Å². The van der Waals surface area contributed by atoms with Gasteiger partial charge in [0.15, 0.2) is 12.3 Å². The zero-order valence-corrected chi connectivity index (χ0v) is 18.8. The number of benzene rings is 1. The molecule has 3 aromatic rings. The van der Waals surface area contributed by atoms with Crippen molar-refractivity contribution in [2.45, 2.75) is 40.3 Å². The number of hydrogen-bond acceptors (Lipinski definition) is 6. The number of carbonyl (C=O) groups is 2. The number of amides is 1. The molecule has 1 amide bonds. The molecule has 2 heterocycles. The van der Waals surface area contributed by atoms with Gasteiger partial charge in [-0.2, -0.15) is 10.4 Å². The summed E-state index contributed by atoms with van der Waals surface area (Å²) in [6.07, 6.45) is 0.677. The van der Waals surface area contributed by atoms with Crippen LogP contribution in [0.25, 0.3) is 0 Å². The molecule has 33 heavy (non-hydrogen) atoms. The predicted octanol–water partition coefficient (Wildman–Crippen LogP) is 2.79. The summed E-state index contributed by atoms with van der Waals surface area (Å²) in [6.45, 7) is 5.86. The Kier molecular flexibility index (Phi) is 7.41. The van der Waals surface area contributed by atoms with Crippen molar-refractivity contribution in [3.8, 4) is 6.07 Å². The lowest BCUT2D eigenvalue weighted by Gasteiger charge is -2.13. The molecule has 9 heteroatoms. The summed E-state index contributed by atoms with van der Waals surface area (Å²) in [5, 5.41) is 16.3. The van der Waals surface area contributed by atoms with Crippen molar-refractivity contribution in [2.75, 3.05) is 11.9 Å². The SMILES string of the molecule is CCCn1nc(C(=O)OCC(=O)Nc2c(C#N)c(C)c(C)n2Cc2ccccc2)ccc1=O. The molecule has 170 valence electrons. The molecule has 3 rings (SSSR count). The van der Waals surface area contributed by atoms with Crippen molar-refractivity contribution >= 4 is 17.7 Å². The third kappa shape index (κ3) is 5.36. The van der Waals surface area contributed by atoms with Crippen LogP contribution in [0.5, 0.6) is 0 Å². The lowest BCUT2D eigenvalue weighted by molar-refractivity contribution is -0.119. The van der Waals surface area contributed by atoms with Crippen LogP contribution in [-0.2, 0) is 22.6 Å². The molecule has 1 aromatic carbocycles. The number of hydrogen-bond donors (Lipinski definition) is 1. The number of ether oxygens (including phenoxy) is 1. The minimum absolute atomic E-state index is 0.0623. The van der Waals surface area contributed by atoms with E-state index < -0.39 is 18.5 Å². The van der Waals surface area contributed by atoms with Crippen LogP contribution in [0, 0.1) is 25.2 Å². The van der Waals surface area contributed by atoms with Crippen LogP contribution >= 0.6 is 0 Å². The summed E-state index contributed by atoms with van der Waals surface area (Å²) in [6, 6.07) is 14.3. The molecular weight excluding hydrogens is 422 g/mol. The van der Waals surface area contributed by atoms with Crippen molar-refractivity contribution < 1.29 is 14.3 Å². The minimum Gasteiger partial charge on any atom is -0.451 e. The van der Waals surface area contributed by atoms with Gasteiger partial charge in [-0.05, 0) is 37.5 Å². The van der Waals surface area contributed by atoms with Crippen molar-refractivity contribution in [1.29, 1.82) is 5.26 Å². The summed E-state index contributed by atoms with van der Waals surface area (Å²) < 4.78 is 8.11. The fourth-order valence-electron chi connectivity index (χ4n) is 3.40. The molecule has 0 spiro atoms. The smallest absolute Gasteiger partial charge is 0.359 e. The van der Waals surface area contributed by atoms with Crippen molar-refractivity contribution in [2.24, 2.45) is 0 Å². The van der Waals surface area contributed by atoms with Gasteiger partial charge in [-0.1, -0.05) is 37.3 Å². The van der Waals surface area contributed by atoms with E-state index in [1.54, 1.807) is 0 Å². The van der Waals surface area contributed by atoms with Crippen LogP contribution in [0.2, 0.25) is 0 Å². The van der Waals surface area contributed by atoms with Crippen LogP contribution < -0.4 is 10.9 Å². The monoisotopic (exact) mass is 447 g/mol. The average molecular weight is 447 g/mol. The van der Waals surface area contributed by atoms with Crippen molar-refractivity contribution in [3.05, 3.63) is 80.9 Å². The van der Waals surface area contributed by atoms with E-state index in [0.717, 1.165) is 16.8 Å². The molecule has 0 saturated heterocycles. The quantitative estimate of drug-likeness (QED) is 0.531. The highest BCUT2D eigenvalue weighted by Crippen LogP contribution is 2.27. The minimum atomic E-state index is -0.817. The average Bonchev–Trinajstić information content (AvgIpc) is 3.03. The summed E-state index contributed by atoms with van der Waals surface area (Å²) in [5.41, 5.74) is 2.60. The Morgan fingerprint density at radius 3 is 2.55 bits per heavy atom. The number of nitrogens with one attached hydrogen (secondary N) is 1. The first kappa shape index (κ1) is 23.5. The second-order valence-corrected chi connectivity index (χ2v) is 7.52. The molecule has 0 fully saturated rings. The topological polar surface area (TPSA) is 119 Å². The number of nitriles is 1. The predicted molar refractivity (Wildman–Crippen MR) is 122 cm³/mol. The first-order valence-electron chi connectivity index (χ1n) is 10.5. The third-order valence-electron chi connectivity index (χ3n) is 5.23. The summed E-state index contributed by atoms with van der Waals surface area (Å²) in [7, 11) is 0. The first-order chi connectivity index (χ1) is 15.8. The maximum Gasteiger partial charge on any atom is 0.359 e.